The Morgan fingerprint density at radius 3 is 2.64 bits per heavy atom. The summed E-state index contributed by atoms with van der Waals surface area (Å²) in [6, 6.07) is -0.521. The second-order valence-electron chi connectivity index (χ2n) is 2.90. The van der Waals surface area contributed by atoms with Gasteiger partial charge in [-0.3, -0.25) is 0 Å². The molecule has 1 rings (SSSR count). The minimum absolute atomic E-state index is 0.0697. The molecule has 80 valence electrons. The fraction of sp³-hybridized carbons (Fsp3) is 0.714. The highest BCUT2D eigenvalue weighted by molar-refractivity contribution is 5.11. The number of aliphatic hydroxyl groups excluding tert-OH is 1. The van der Waals surface area contributed by atoms with Crippen molar-refractivity contribution in [3.05, 3.63) is 11.4 Å². The molecule has 0 aliphatic rings. The molecule has 1 atom stereocenters. The first-order chi connectivity index (χ1) is 6.61. The van der Waals surface area contributed by atoms with Crippen LogP contribution in [-0.4, -0.2) is 26.7 Å². The maximum absolute atomic E-state index is 12.6. The monoisotopic (exact) mass is 206 g/mol. The van der Waals surface area contributed by atoms with Gasteiger partial charge in [0.25, 0.3) is 6.43 Å². The van der Waals surface area contributed by atoms with Crippen LogP contribution >= 0.6 is 0 Å². The van der Waals surface area contributed by atoms with Gasteiger partial charge in [-0.25, -0.2) is 13.5 Å². The summed E-state index contributed by atoms with van der Waals surface area (Å²) in [5, 5.41) is 15.9. The average molecular weight is 206 g/mol. The number of nitrogens with two attached hydrogens (primary N) is 1. The van der Waals surface area contributed by atoms with Gasteiger partial charge in [0.1, 0.15) is 11.4 Å². The maximum atomic E-state index is 12.6. The molecule has 7 heteroatoms. The average Bonchev–Trinajstić information content (AvgIpc) is 2.59. The molecule has 1 aromatic rings. The molecular weight excluding hydrogens is 194 g/mol. The molecule has 0 radical (unpaired) electrons. The van der Waals surface area contributed by atoms with Crippen molar-refractivity contribution >= 4 is 0 Å². The lowest BCUT2D eigenvalue weighted by Crippen LogP contribution is -2.15. The van der Waals surface area contributed by atoms with Gasteiger partial charge in [0.15, 0.2) is 0 Å². The van der Waals surface area contributed by atoms with E-state index in [0.29, 0.717) is 0 Å². The van der Waals surface area contributed by atoms with Gasteiger partial charge in [-0.1, -0.05) is 5.21 Å². The van der Waals surface area contributed by atoms with Crippen molar-refractivity contribution in [3.63, 3.8) is 0 Å². The predicted octanol–water partition coefficient (Wildman–Crippen LogP) is 0.228. The van der Waals surface area contributed by atoms with E-state index in [2.05, 4.69) is 10.3 Å². The number of halogens is 2. The number of alkyl halides is 2. The van der Waals surface area contributed by atoms with Gasteiger partial charge in [-0.2, -0.15) is 0 Å². The van der Waals surface area contributed by atoms with Gasteiger partial charge in [-0.05, 0) is 6.92 Å². The highest BCUT2D eigenvalue weighted by Crippen LogP contribution is 2.23. The van der Waals surface area contributed by atoms with E-state index < -0.39 is 12.5 Å². The normalized spacial score (nSPS) is 13.6. The van der Waals surface area contributed by atoms with Crippen LogP contribution in [0, 0.1) is 0 Å². The molecule has 0 aromatic carbocycles. The third-order valence-electron chi connectivity index (χ3n) is 1.89. The summed E-state index contributed by atoms with van der Waals surface area (Å²) in [5.41, 5.74) is 4.99. The maximum Gasteiger partial charge on any atom is 0.281 e. The molecule has 0 amide bonds. The van der Waals surface area contributed by atoms with E-state index in [1.54, 1.807) is 6.92 Å². The van der Waals surface area contributed by atoms with Crippen molar-refractivity contribution in [1.82, 2.24) is 15.0 Å². The lowest BCUT2D eigenvalue weighted by molar-refractivity contribution is 0.129. The van der Waals surface area contributed by atoms with E-state index in [-0.39, 0.29) is 24.5 Å². The molecule has 0 aliphatic heterocycles. The second-order valence-corrected chi connectivity index (χ2v) is 2.90. The molecule has 0 saturated heterocycles. The van der Waals surface area contributed by atoms with Gasteiger partial charge >= 0.3 is 0 Å². The van der Waals surface area contributed by atoms with Crippen molar-refractivity contribution in [1.29, 1.82) is 0 Å². The first-order valence-electron chi connectivity index (χ1n) is 4.14. The molecule has 5 nitrogen and oxygen atoms in total. The molecular formula is C7H12F2N4O. The van der Waals surface area contributed by atoms with Crippen LogP contribution in [0.2, 0.25) is 0 Å². The fourth-order valence-corrected chi connectivity index (χ4v) is 1.11. The summed E-state index contributed by atoms with van der Waals surface area (Å²) in [4.78, 5) is 0. The van der Waals surface area contributed by atoms with E-state index in [4.69, 9.17) is 10.8 Å². The van der Waals surface area contributed by atoms with Gasteiger partial charge in [0, 0.05) is 6.54 Å². The highest BCUT2D eigenvalue weighted by atomic mass is 19.3. The molecule has 1 heterocycles. The van der Waals surface area contributed by atoms with Gasteiger partial charge in [-0.15, -0.1) is 5.10 Å². The zero-order valence-electron chi connectivity index (χ0n) is 7.69. The Kier molecular flexibility index (Phi) is 3.48. The SMILES string of the molecule is CC(CO)n1nnc(CN)c1C(F)F. The van der Waals surface area contributed by atoms with Crippen LogP contribution in [0.3, 0.4) is 0 Å². The van der Waals surface area contributed by atoms with Gasteiger partial charge in [0.2, 0.25) is 0 Å². The highest BCUT2D eigenvalue weighted by Gasteiger charge is 2.23. The number of aliphatic hydroxyl groups is 1. The molecule has 0 bridgehead atoms. The Labute approximate surface area is 79.5 Å². The zero-order chi connectivity index (χ0) is 10.7. The lowest BCUT2D eigenvalue weighted by atomic mass is 10.3. The predicted molar refractivity (Wildman–Crippen MR) is 44.7 cm³/mol. The first kappa shape index (κ1) is 11.0. The molecule has 0 fully saturated rings. The van der Waals surface area contributed by atoms with E-state index in [1.165, 1.54) is 0 Å². The quantitative estimate of drug-likeness (QED) is 0.739. The van der Waals surface area contributed by atoms with E-state index >= 15 is 0 Å². The van der Waals surface area contributed by atoms with Crippen LogP contribution in [-0.2, 0) is 6.54 Å². The molecule has 0 aliphatic carbocycles. The Bertz CT molecular complexity index is 302. The van der Waals surface area contributed by atoms with E-state index in [1.807, 2.05) is 0 Å². The number of nitrogens with zero attached hydrogens (tertiary/aromatic N) is 3. The molecule has 1 aromatic heterocycles. The largest absolute Gasteiger partial charge is 0.394 e. The summed E-state index contributed by atoms with van der Waals surface area (Å²) in [6.45, 7) is 1.21. The standard InChI is InChI=1S/C7H12F2N4O/c1-4(3-14)13-6(7(8)9)5(2-10)11-12-13/h4,7,14H,2-3,10H2,1H3. The summed E-state index contributed by atoms with van der Waals surface area (Å²) >= 11 is 0. The van der Waals surface area contributed by atoms with E-state index in [0.717, 1.165) is 4.68 Å². The van der Waals surface area contributed by atoms with Crippen molar-refractivity contribution in [2.75, 3.05) is 6.61 Å². The zero-order valence-corrected chi connectivity index (χ0v) is 7.69. The Balaban J connectivity index is 3.10. The summed E-state index contributed by atoms with van der Waals surface area (Å²) in [5.74, 6) is 0. The van der Waals surface area contributed by atoms with Crippen LogP contribution in [0.5, 0.6) is 0 Å². The Morgan fingerprint density at radius 1 is 1.57 bits per heavy atom. The topological polar surface area (TPSA) is 77.0 Å². The van der Waals surface area contributed by atoms with Crippen molar-refractivity contribution in [2.24, 2.45) is 5.73 Å². The molecule has 0 saturated carbocycles. The molecule has 0 spiro atoms. The van der Waals surface area contributed by atoms with Crippen LogP contribution in [0.15, 0.2) is 0 Å². The van der Waals surface area contributed by atoms with Crippen LogP contribution < -0.4 is 5.73 Å². The molecule has 14 heavy (non-hydrogen) atoms. The third-order valence-corrected chi connectivity index (χ3v) is 1.89. The Hall–Kier alpha value is -1.08. The summed E-state index contributed by atoms with van der Waals surface area (Å²) in [7, 11) is 0. The first-order valence-corrected chi connectivity index (χ1v) is 4.14. The van der Waals surface area contributed by atoms with Crippen molar-refractivity contribution in [3.8, 4) is 0 Å². The van der Waals surface area contributed by atoms with Crippen LogP contribution in [0.4, 0.5) is 8.78 Å². The van der Waals surface area contributed by atoms with Crippen molar-refractivity contribution < 1.29 is 13.9 Å². The number of aromatic nitrogens is 3. The fourth-order valence-electron chi connectivity index (χ4n) is 1.11. The van der Waals surface area contributed by atoms with Gasteiger partial charge < -0.3 is 10.8 Å². The molecule has 1 unspecified atom stereocenters. The number of hydrogen-bond acceptors (Lipinski definition) is 4. The minimum atomic E-state index is -2.68. The lowest BCUT2D eigenvalue weighted by Gasteiger charge is -2.11. The number of rotatable bonds is 4. The summed E-state index contributed by atoms with van der Waals surface area (Å²) < 4.78 is 26.1. The van der Waals surface area contributed by atoms with Gasteiger partial charge in [0.05, 0.1) is 12.6 Å². The van der Waals surface area contributed by atoms with Crippen LogP contribution in [0.1, 0.15) is 30.8 Å². The number of hydrogen-bond donors (Lipinski definition) is 2. The second kappa shape index (κ2) is 4.43. The van der Waals surface area contributed by atoms with Crippen LogP contribution in [0.25, 0.3) is 0 Å². The smallest absolute Gasteiger partial charge is 0.281 e. The Morgan fingerprint density at radius 2 is 2.21 bits per heavy atom. The minimum Gasteiger partial charge on any atom is -0.394 e. The third kappa shape index (κ3) is 1.88. The molecule has 3 N–H and O–H groups in total. The van der Waals surface area contributed by atoms with Crippen molar-refractivity contribution in [2.45, 2.75) is 25.9 Å². The summed E-state index contributed by atoms with van der Waals surface area (Å²) in [6.07, 6.45) is -2.68. The van der Waals surface area contributed by atoms with E-state index in [9.17, 15) is 8.78 Å².